The van der Waals surface area contributed by atoms with Crippen LogP contribution in [-0.2, 0) is 9.53 Å². The van der Waals surface area contributed by atoms with Crippen molar-refractivity contribution < 1.29 is 14.3 Å². The Hall–Kier alpha value is -1.26. The van der Waals surface area contributed by atoms with Crippen LogP contribution in [0.2, 0.25) is 0 Å². The Kier molecular flexibility index (Phi) is 10.8. The van der Waals surface area contributed by atoms with Crippen LogP contribution in [0.1, 0.15) is 52.9 Å². The molecular formula is C15H30N2O3. The molecule has 0 aromatic carbocycles. The molecule has 0 heterocycles. The second-order valence-electron chi connectivity index (χ2n) is 4.99. The van der Waals surface area contributed by atoms with Crippen LogP contribution < -0.4 is 5.32 Å². The maximum atomic E-state index is 12.0. The predicted molar refractivity (Wildman–Crippen MR) is 80.6 cm³/mol. The largest absolute Gasteiger partial charge is 0.469 e. The van der Waals surface area contributed by atoms with Gasteiger partial charge in [0.1, 0.15) is 0 Å². The highest BCUT2D eigenvalue weighted by Gasteiger charge is 2.14. The van der Waals surface area contributed by atoms with Crippen molar-refractivity contribution in [2.24, 2.45) is 5.92 Å². The molecule has 0 aliphatic heterocycles. The fraction of sp³-hybridized carbons (Fsp3) is 0.867. The number of urea groups is 1. The lowest BCUT2D eigenvalue weighted by atomic mass is 10.0. The summed E-state index contributed by atoms with van der Waals surface area (Å²) < 4.78 is 4.57. The lowest BCUT2D eigenvalue weighted by molar-refractivity contribution is -0.140. The first-order valence-electron chi connectivity index (χ1n) is 7.68. The molecule has 5 nitrogen and oxygen atoms in total. The van der Waals surface area contributed by atoms with Crippen molar-refractivity contribution in [2.75, 3.05) is 26.7 Å². The van der Waals surface area contributed by atoms with Gasteiger partial charge in [0.25, 0.3) is 0 Å². The molecule has 5 heteroatoms. The van der Waals surface area contributed by atoms with E-state index in [9.17, 15) is 9.59 Å². The minimum atomic E-state index is -0.194. The second kappa shape index (κ2) is 11.6. The molecule has 0 aliphatic carbocycles. The topological polar surface area (TPSA) is 58.6 Å². The fourth-order valence-corrected chi connectivity index (χ4v) is 2.02. The van der Waals surface area contributed by atoms with E-state index in [1.165, 1.54) is 7.11 Å². The first-order valence-corrected chi connectivity index (χ1v) is 7.68. The molecule has 0 atom stereocenters. The molecule has 0 unspecified atom stereocenters. The number of nitrogens with one attached hydrogen (secondary N) is 1. The van der Waals surface area contributed by atoms with Crippen LogP contribution in [0.3, 0.4) is 0 Å². The summed E-state index contributed by atoms with van der Waals surface area (Å²) in [5, 5.41) is 2.91. The van der Waals surface area contributed by atoms with E-state index in [1.54, 1.807) is 0 Å². The van der Waals surface area contributed by atoms with Gasteiger partial charge in [-0.05, 0) is 25.7 Å². The number of carbonyl (C=O) groups excluding carboxylic acids is 2. The Morgan fingerprint density at radius 3 is 2.30 bits per heavy atom. The van der Waals surface area contributed by atoms with Gasteiger partial charge >= 0.3 is 12.0 Å². The SMILES string of the molecule is CCC(CC)CN(CC)C(=O)NCCCCC(=O)OC. The van der Waals surface area contributed by atoms with E-state index in [-0.39, 0.29) is 12.0 Å². The van der Waals surface area contributed by atoms with Crippen LogP contribution in [0.15, 0.2) is 0 Å². The van der Waals surface area contributed by atoms with Gasteiger partial charge in [0.05, 0.1) is 7.11 Å². The van der Waals surface area contributed by atoms with E-state index in [2.05, 4.69) is 23.9 Å². The lowest BCUT2D eigenvalue weighted by Crippen LogP contribution is -2.42. The van der Waals surface area contributed by atoms with Crippen LogP contribution in [0, 0.1) is 5.92 Å². The maximum absolute atomic E-state index is 12.0. The van der Waals surface area contributed by atoms with Crippen LogP contribution in [0.5, 0.6) is 0 Å². The van der Waals surface area contributed by atoms with Crippen molar-refractivity contribution in [3.63, 3.8) is 0 Å². The summed E-state index contributed by atoms with van der Waals surface area (Å²) >= 11 is 0. The Morgan fingerprint density at radius 1 is 1.15 bits per heavy atom. The van der Waals surface area contributed by atoms with Gasteiger partial charge in [-0.15, -0.1) is 0 Å². The molecule has 0 radical (unpaired) electrons. The van der Waals surface area contributed by atoms with E-state index < -0.39 is 0 Å². The van der Waals surface area contributed by atoms with Gasteiger partial charge in [0.2, 0.25) is 0 Å². The molecule has 20 heavy (non-hydrogen) atoms. The molecule has 2 amide bonds. The summed E-state index contributed by atoms with van der Waals surface area (Å²) in [4.78, 5) is 24.8. The van der Waals surface area contributed by atoms with Gasteiger partial charge in [0, 0.05) is 26.1 Å². The molecule has 118 valence electrons. The molecule has 0 aromatic heterocycles. The minimum Gasteiger partial charge on any atom is -0.469 e. The van der Waals surface area contributed by atoms with Gasteiger partial charge in [-0.2, -0.15) is 0 Å². The molecular weight excluding hydrogens is 256 g/mol. The average Bonchev–Trinajstić information content (AvgIpc) is 2.47. The summed E-state index contributed by atoms with van der Waals surface area (Å²) in [6.07, 6.45) is 4.14. The number of unbranched alkanes of at least 4 members (excludes halogenated alkanes) is 1. The van der Waals surface area contributed by atoms with Crippen LogP contribution >= 0.6 is 0 Å². The lowest BCUT2D eigenvalue weighted by Gasteiger charge is -2.25. The summed E-state index contributed by atoms with van der Waals surface area (Å²) in [5.41, 5.74) is 0. The molecule has 0 rings (SSSR count). The fourth-order valence-electron chi connectivity index (χ4n) is 2.02. The summed E-state index contributed by atoms with van der Waals surface area (Å²) in [6, 6.07) is -0.00234. The van der Waals surface area contributed by atoms with E-state index in [4.69, 9.17) is 0 Å². The Bertz CT molecular complexity index is 278. The Morgan fingerprint density at radius 2 is 1.80 bits per heavy atom. The molecule has 1 N–H and O–H groups in total. The zero-order chi connectivity index (χ0) is 15.4. The van der Waals surface area contributed by atoms with Gasteiger partial charge < -0.3 is 15.0 Å². The van der Waals surface area contributed by atoms with E-state index in [0.29, 0.717) is 18.9 Å². The molecule has 0 saturated heterocycles. The van der Waals surface area contributed by atoms with E-state index in [1.807, 2.05) is 11.8 Å². The van der Waals surface area contributed by atoms with Crippen molar-refractivity contribution in [3.8, 4) is 0 Å². The molecule has 0 aliphatic rings. The van der Waals surface area contributed by atoms with Crippen LogP contribution in [-0.4, -0.2) is 43.6 Å². The van der Waals surface area contributed by atoms with E-state index >= 15 is 0 Å². The normalized spacial score (nSPS) is 10.4. The summed E-state index contributed by atoms with van der Waals surface area (Å²) in [7, 11) is 1.39. The highest BCUT2D eigenvalue weighted by Crippen LogP contribution is 2.09. The third-order valence-electron chi connectivity index (χ3n) is 3.61. The molecule has 0 bridgehead atoms. The number of hydrogen-bond acceptors (Lipinski definition) is 3. The zero-order valence-electron chi connectivity index (χ0n) is 13.4. The van der Waals surface area contributed by atoms with E-state index in [0.717, 1.165) is 38.8 Å². The second-order valence-corrected chi connectivity index (χ2v) is 4.99. The summed E-state index contributed by atoms with van der Waals surface area (Å²) in [6.45, 7) is 8.47. The number of hydrogen-bond donors (Lipinski definition) is 1. The molecule has 0 spiro atoms. The van der Waals surface area contributed by atoms with Crippen molar-refractivity contribution in [2.45, 2.75) is 52.9 Å². The van der Waals surface area contributed by atoms with Gasteiger partial charge in [-0.3, -0.25) is 4.79 Å². The Labute approximate surface area is 123 Å². The first-order chi connectivity index (χ1) is 9.58. The zero-order valence-corrected chi connectivity index (χ0v) is 13.4. The van der Waals surface area contributed by atoms with Crippen LogP contribution in [0.4, 0.5) is 4.79 Å². The standard InChI is InChI=1S/C15H30N2O3/c1-5-13(6-2)12-17(7-3)15(19)16-11-9-8-10-14(18)20-4/h13H,5-12H2,1-4H3,(H,16,19). The molecule has 0 aromatic rings. The van der Waals surface area contributed by atoms with Crippen molar-refractivity contribution >= 4 is 12.0 Å². The Balaban J connectivity index is 3.89. The van der Waals surface area contributed by atoms with Crippen molar-refractivity contribution in [3.05, 3.63) is 0 Å². The van der Waals surface area contributed by atoms with Gasteiger partial charge in [-0.25, -0.2) is 4.79 Å². The predicted octanol–water partition coefficient (Wildman–Crippen LogP) is 2.80. The minimum absolute atomic E-state index is 0.00234. The third-order valence-corrected chi connectivity index (χ3v) is 3.61. The highest BCUT2D eigenvalue weighted by molar-refractivity contribution is 5.74. The highest BCUT2D eigenvalue weighted by atomic mass is 16.5. The number of esters is 1. The average molecular weight is 286 g/mol. The number of ether oxygens (including phenoxy) is 1. The number of rotatable bonds is 10. The van der Waals surface area contributed by atoms with Crippen molar-refractivity contribution in [1.29, 1.82) is 0 Å². The number of nitrogens with zero attached hydrogens (tertiary/aromatic N) is 1. The number of carbonyl (C=O) groups is 2. The quantitative estimate of drug-likeness (QED) is 0.496. The monoisotopic (exact) mass is 286 g/mol. The summed E-state index contributed by atoms with van der Waals surface area (Å²) in [5.74, 6) is 0.375. The number of methoxy groups -OCH3 is 1. The molecule has 0 saturated carbocycles. The molecule has 0 fully saturated rings. The third kappa shape index (κ3) is 8.02. The number of amides is 2. The van der Waals surface area contributed by atoms with Crippen LogP contribution in [0.25, 0.3) is 0 Å². The van der Waals surface area contributed by atoms with Crippen molar-refractivity contribution in [1.82, 2.24) is 10.2 Å². The smallest absolute Gasteiger partial charge is 0.317 e. The van der Waals surface area contributed by atoms with Gasteiger partial charge in [-0.1, -0.05) is 26.7 Å². The van der Waals surface area contributed by atoms with Gasteiger partial charge in [0.15, 0.2) is 0 Å². The first kappa shape index (κ1) is 18.7. The maximum Gasteiger partial charge on any atom is 0.317 e.